The molecule has 0 saturated carbocycles. The Hall–Kier alpha value is -2.86. The molecule has 5 rings (SSSR count). The maximum absolute atomic E-state index is 13.2. The Morgan fingerprint density at radius 1 is 0.828 bits per heavy atom. The summed E-state index contributed by atoms with van der Waals surface area (Å²) in [7, 11) is -3.83. The van der Waals surface area contributed by atoms with Crippen LogP contribution in [0.3, 0.4) is 0 Å². The number of phenolic OH excluding ortho intramolecular Hbond substituents is 1. The lowest BCUT2D eigenvalue weighted by Gasteiger charge is -2.21. The Morgan fingerprint density at radius 3 is 2.45 bits per heavy atom. The molecule has 0 aromatic heterocycles. The van der Waals surface area contributed by atoms with Crippen LogP contribution in [0.25, 0.3) is 21.9 Å². The van der Waals surface area contributed by atoms with Crippen molar-refractivity contribution in [1.29, 1.82) is 0 Å². The van der Waals surface area contributed by atoms with Crippen LogP contribution in [0.4, 0.5) is 0 Å². The summed E-state index contributed by atoms with van der Waals surface area (Å²) in [5.74, 6) is 0.0488. The molecule has 0 radical (unpaired) electrons. The summed E-state index contributed by atoms with van der Waals surface area (Å²) < 4.78 is 29.1. The maximum Gasteiger partial charge on any atom is 0.242 e. The van der Waals surface area contributed by atoms with E-state index in [9.17, 15) is 13.5 Å². The summed E-state index contributed by atoms with van der Waals surface area (Å²) in [5.41, 5.74) is 2.53. The van der Waals surface area contributed by atoms with Gasteiger partial charge >= 0.3 is 0 Å². The molecule has 0 bridgehead atoms. The van der Waals surface area contributed by atoms with Gasteiger partial charge in [0.1, 0.15) is 5.75 Å². The highest BCUT2D eigenvalue weighted by molar-refractivity contribution is 7.89. The molecule has 1 heterocycles. The van der Waals surface area contributed by atoms with E-state index >= 15 is 0 Å². The summed E-state index contributed by atoms with van der Waals surface area (Å²) in [6.07, 6.45) is 0. The molecule has 4 nitrogen and oxygen atoms in total. The van der Waals surface area contributed by atoms with Crippen molar-refractivity contribution in [3.63, 3.8) is 0 Å². The molecule has 6 heteroatoms. The summed E-state index contributed by atoms with van der Waals surface area (Å²) in [5, 5.41) is 13.0. The number of fused-ring (bicyclic) bond motifs is 4. The Morgan fingerprint density at radius 2 is 1.59 bits per heavy atom. The van der Waals surface area contributed by atoms with Crippen molar-refractivity contribution >= 4 is 32.4 Å². The summed E-state index contributed by atoms with van der Waals surface area (Å²) in [6, 6.07) is 22.5. The third kappa shape index (κ3) is 2.90. The standard InChI is InChI=1S/C23H16ClNO3S/c24-15-10-12-17-18-7-3-4-8-21(18)29(27,28)25-22(20(17)13-15)19-11-9-14-5-1-2-6-16(14)23(19)26/h1-13,22,25-26H. The number of aromatic hydroxyl groups is 1. The molecule has 1 aliphatic heterocycles. The van der Waals surface area contributed by atoms with Crippen LogP contribution in [0.2, 0.25) is 5.02 Å². The predicted octanol–water partition coefficient (Wildman–Crippen LogP) is 5.25. The zero-order chi connectivity index (χ0) is 20.2. The van der Waals surface area contributed by atoms with E-state index in [0.29, 0.717) is 27.1 Å². The Bertz CT molecular complexity index is 1380. The molecular weight excluding hydrogens is 406 g/mol. The molecule has 0 spiro atoms. The van der Waals surface area contributed by atoms with Gasteiger partial charge in [0.05, 0.1) is 10.9 Å². The third-order valence-corrected chi connectivity index (χ3v) is 7.02. The maximum atomic E-state index is 13.2. The summed E-state index contributed by atoms with van der Waals surface area (Å²) in [6.45, 7) is 0. The van der Waals surface area contributed by atoms with E-state index in [1.807, 2.05) is 36.4 Å². The first-order chi connectivity index (χ1) is 14.0. The molecule has 0 amide bonds. The van der Waals surface area contributed by atoms with Crippen molar-refractivity contribution in [3.05, 3.63) is 95.0 Å². The second-order valence-corrected chi connectivity index (χ2v) is 9.13. The van der Waals surface area contributed by atoms with Gasteiger partial charge in [0.15, 0.2) is 0 Å². The van der Waals surface area contributed by atoms with Crippen molar-refractivity contribution in [3.8, 4) is 16.9 Å². The van der Waals surface area contributed by atoms with Gasteiger partial charge in [-0.2, -0.15) is 4.72 Å². The Kier molecular flexibility index (Phi) is 4.13. The second-order valence-electron chi connectivity index (χ2n) is 7.01. The van der Waals surface area contributed by atoms with Crippen LogP contribution >= 0.6 is 11.6 Å². The van der Waals surface area contributed by atoms with Crippen LogP contribution in [-0.2, 0) is 10.0 Å². The highest BCUT2D eigenvalue weighted by Crippen LogP contribution is 2.43. The molecule has 4 aromatic carbocycles. The van der Waals surface area contributed by atoms with Crippen LogP contribution in [0.1, 0.15) is 17.2 Å². The monoisotopic (exact) mass is 421 g/mol. The van der Waals surface area contributed by atoms with E-state index in [0.717, 1.165) is 10.9 Å². The molecule has 1 aliphatic rings. The fourth-order valence-corrected chi connectivity index (χ4v) is 5.56. The van der Waals surface area contributed by atoms with Gasteiger partial charge in [-0.05, 0) is 34.7 Å². The first kappa shape index (κ1) is 18.2. The molecule has 0 aliphatic carbocycles. The minimum absolute atomic E-state index is 0.0488. The molecule has 1 atom stereocenters. The van der Waals surface area contributed by atoms with E-state index < -0.39 is 16.1 Å². The molecule has 0 saturated heterocycles. The normalized spacial score (nSPS) is 17.3. The molecular formula is C23H16ClNO3S. The molecule has 2 N–H and O–H groups in total. The lowest BCUT2D eigenvalue weighted by molar-refractivity contribution is 0.469. The van der Waals surface area contributed by atoms with E-state index in [1.54, 1.807) is 42.5 Å². The van der Waals surface area contributed by atoms with Crippen molar-refractivity contribution in [2.24, 2.45) is 0 Å². The lowest BCUT2D eigenvalue weighted by Crippen LogP contribution is -2.28. The van der Waals surface area contributed by atoms with Crippen LogP contribution in [0, 0.1) is 0 Å². The number of halogens is 1. The van der Waals surface area contributed by atoms with Gasteiger partial charge in [0, 0.05) is 21.5 Å². The SMILES string of the molecule is O=S1(=O)NC(c2ccc3ccccc3c2O)c2cc(Cl)ccc2-c2ccccc21. The molecule has 1 unspecified atom stereocenters. The number of hydrogen-bond acceptors (Lipinski definition) is 3. The highest BCUT2D eigenvalue weighted by Gasteiger charge is 2.33. The van der Waals surface area contributed by atoms with Gasteiger partial charge in [-0.25, -0.2) is 8.42 Å². The average molecular weight is 422 g/mol. The lowest BCUT2D eigenvalue weighted by atomic mass is 9.90. The van der Waals surface area contributed by atoms with Gasteiger partial charge in [-0.3, -0.25) is 0 Å². The quantitative estimate of drug-likeness (QED) is 0.441. The summed E-state index contributed by atoms with van der Waals surface area (Å²) >= 11 is 6.28. The largest absolute Gasteiger partial charge is 0.507 e. The van der Waals surface area contributed by atoms with Crippen LogP contribution in [0.15, 0.2) is 83.8 Å². The Labute approximate surface area is 173 Å². The fourth-order valence-electron chi connectivity index (χ4n) is 3.96. The predicted molar refractivity (Wildman–Crippen MR) is 115 cm³/mol. The zero-order valence-corrected chi connectivity index (χ0v) is 16.7. The van der Waals surface area contributed by atoms with E-state index in [-0.39, 0.29) is 10.6 Å². The van der Waals surface area contributed by atoms with Crippen LogP contribution in [0.5, 0.6) is 5.75 Å². The van der Waals surface area contributed by atoms with E-state index in [1.165, 1.54) is 0 Å². The molecule has 144 valence electrons. The molecule has 4 aromatic rings. The van der Waals surface area contributed by atoms with Gasteiger partial charge < -0.3 is 5.11 Å². The smallest absolute Gasteiger partial charge is 0.242 e. The Balaban J connectivity index is 1.83. The van der Waals surface area contributed by atoms with Crippen molar-refractivity contribution in [2.75, 3.05) is 0 Å². The number of phenols is 1. The van der Waals surface area contributed by atoms with Gasteiger partial charge in [-0.1, -0.05) is 72.3 Å². The number of benzene rings is 4. The minimum Gasteiger partial charge on any atom is -0.507 e. The average Bonchev–Trinajstić information content (AvgIpc) is 2.81. The minimum atomic E-state index is -3.83. The third-order valence-electron chi connectivity index (χ3n) is 5.31. The van der Waals surface area contributed by atoms with Crippen molar-refractivity contribution in [2.45, 2.75) is 10.9 Å². The molecule has 0 fully saturated rings. The number of rotatable bonds is 1. The van der Waals surface area contributed by atoms with E-state index in [4.69, 9.17) is 11.6 Å². The second kappa shape index (κ2) is 6.59. The highest BCUT2D eigenvalue weighted by atomic mass is 35.5. The summed E-state index contributed by atoms with van der Waals surface area (Å²) in [4.78, 5) is 0.200. The van der Waals surface area contributed by atoms with Crippen LogP contribution in [-0.4, -0.2) is 13.5 Å². The first-order valence-corrected chi connectivity index (χ1v) is 10.9. The van der Waals surface area contributed by atoms with Crippen molar-refractivity contribution in [1.82, 2.24) is 4.72 Å². The van der Waals surface area contributed by atoms with Gasteiger partial charge in [-0.15, -0.1) is 0 Å². The van der Waals surface area contributed by atoms with Gasteiger partial charge in [0.2, 0.25) is 10.0 Å². The topological polar surface area (TPSA) is 66.4 Å². The van der Waals surface area contributed by atoms with Crippen molar-refractivity contribution < 1.29 is 13.5 Å². The number of nitrogens with one attached hydrogen (secondary N) is 1. The zero-order valence-electron chi connectivity index (χ0n) is 15.1. The molecule has 29 heavy (non-hydrogen) atoms. The fraction of sp³-hybridized carbons (Fsp3) is 0.0435. The number of hydrogen-bond donors (Lipinski definition) is 2. The van der Waals surface area contributed by atoms with Crippen LogP contribution < -0.4 is 4.72 Å². The van der Waals surface area contributed by atoms with E-state index in [2.05, 4.69) is 4.72 Å². The van der Waals surface area contributed by atoms with Gasteiger partial charge in [0.25, 0.3) is 0 Å². The first-order valence-electron chi connectivity index (χ1n) is 9.07. The number of sulfonamides is 1.